The molecular formula is C17H13Cl2N3S. The van der Waals surface area contributed by atoms with Gasteiger partial charge in [0.25, 0.3) is 0 Å². The van der Waals surface area contributed by atoms with Crippen molar-refractivity contribution in [2.75, 3.05) is 5.43 Å². The molecule has 0 radical (unpaired) electrons. The molecule has 1 N–H and O–H groups in total. The topological polar surface area (TPSA) is 37.3 Å². The average molecular weight is 362 g/mol. The molecule has 0 bridgehead atoms. The third-order valence-corrected chi connectivity index (χ3v) is 4.48. The van der Waals surface area contributed by atoms with Gasteiger partial charge in [-0.25, -0.2) is 4.98 Å². The Balaban J connectivity index is 1.72. The van der Waals surface area contributed by atoms with Gasteiger partial charge in [0.1, 0.15) is 0 Å². The zero-order chi connectivity index (χ0) is 16.2. The van der Waals surface area contributed by atoms with E-state index in [1.165, 1.54) is 11.3 Å². The van der Waals surface area contributed by atoms with E-state index >= 15 is 0 Å². The van der Waals surface area contributed by atoms with Crippen LogP contribution in [0.1, 0.15) is 12.5 Å². The van der Waals surface area contributed by atoms with Crippen LogP contribution in [0.5, 0.6) is 0 Å². The lowest BCUT2D eigenvalue weighted by molar-refractivity contribution is 1.27. The first-order valence-corrected chi connectivity index (χ1v) is 8.53. The third-order valence-electron chi connectivity index (χ3n) is 3.23. The summed E-state index contributed by atoms with van der Waals surface area (Å²) in [6, 6.07) is 15.2. The highest BCUT2D eigenvalue weighted by atomic mass is 35.5. The lowest BCUT2D eigenvalue weighted by atomic mass is 10.1. The minimum absolute atomic E-state index is 0.710. The van der Waals surface area contributed by atoms with Crippen LogP contribution < -0.4 is 5.43 Å². The number of hydrazone groups is 1. The lowest BCUT2D eigenvalue weighted by Crippen LogP contribution is -1.99. The molecule has 2 aromatic carbocycles. The van der Waals surface area contributed by atoms with Crippen LogP contribution in [0, 0.1) is 0 Å². The van der Waals surface area contributed by atoms with Crippen LogP contribution in [-0.2, 0) is 0 Å². The summed E-state index contributed by atoms with van der Waals surface area (Å²) in [6.45, 7) is 1.93. The van der Waals surface area contributed by atoms with Gasteiger partial charge in [0, 0.05) is 21.0 Å². The third kappa shape index (κ3) is 4.10. The van der Waals surface area contributed by atoms with Gasteiger partial charge < -0.3 is 0 Å². The van der Waals surface area contributed by atoms with E-state index in [2.05, 4.69) is 15.5 Å². The lowest BCUT2D eigenvalue weighted by Gasteiger charge is -2.01. The Hall–Kier alpha value is -1.88. The van der Waals surface area contributed by atoms with Crippen molar-refractivity contribution in [1.29, 1.82) is 0 Å². The molecule has 3 rings (SSSR count). The van der Waals surface area contributed by atoms with Crippen LogP contribution in [0.2, 0.25) is 10.0 Å². The fourth-order valence-electron chi connectivity index (χ4n) is 1.97. The van der Waals surface area contributed by atoms with Gasteiger partial charge >= 0.3 is 0 Å². The van der Waals surface area contributed by atoms with E-state index in [0.29, 0.717) is 10.0 Å². The van der Waals surface area contributed by atoms with Gasteiger partial charge in [0.2, 0.25) is 5.13 Å². The standard InChI is InChI=1S/C17H13Cl2N3S/c1-11(12-2-6-14(18)7-3-12)21-22-17-20-16(10-23-17)13-4-8-15(19)9-5-13/h2-10H,1H3,(H,20,22). The first-order chi connectivity index (χ1) is 11.1. The van der Waals surface area contributed by atoms with Crippen molar-refractivity contribution >= 4 is 45.4 Å². The fraction of sp³-hybridized carbons (Fsp3) is 0.0588. The smallest absolute Gasteiger partial charge is 0.203 e. The van der Waals surface area contributed by atoms with Gasteiger partial charge in [-0.3, -0.25) is 5.43 Å². The summed E-state index contributed by atoms with van der Waals surface area (Å²) >= 11 is 13.3. The summed E-state index contributed by atoms with van der Waals surface area (Å²) in [7, 11) is 0. The van der Waals surface area contributed by atoms with Crippen molar-refractivity contribution < 1.29 is 0 Å². The zero-order valence-electron chi connectivity index (χ0n) is 12.3. The minimum Gasteiger partial charge on any atom is -0.252 e. The van der Waals surface area contributed by atoms with Gasteiger partial charge in [0.05, 0.1) is 11.4 Å². The molecule has 0 spiro atoms. The van der Waals surface area contributed by atoms with E-state index in [1.807, 2.05) is 60.8 Å². The summed E-state index contributed by atoms with van der Waals surface area (Å²) in [5.74, 6) is 0. The molecule has 23 heavy (non-hydrogen) atoms. The highest BCUT2D eigenvalue weighted by molar-refractivity contribution is 7.14. The molecule has 6 heteroatoms. The van der Waals surface area contributed by atoms with E-state index in [9.17, 15) is 0 Å². The van der Waals surface area contributed by atoms with Gasteiger partial charge in [0.15, 0.2) is 0 Å². The Kier molecular flexibility index (Phi) is 4.96. The molecule has 0 saturated carbocycles. The predicted octanol–water partition coefficient (Wildman–Crippen LogP) is 5.95. The predicted molar refractivity (Wildman–Crippen MR) is 99.8 cm³/mol. The molecule has 3 nitrogen and oxygen atoms in total. The number of hydrogen-bond acceptors (Lipinski definition) is 4. The molecule has 1 heterocycles. The Morgan fingerprint density at radius 1 is 1.00 bits per heavy atom. The van der Waals surface area contributed by atoms with Crippen LogP contribution in [0.25, 0.3) is 11.3 Å². The van der Waals surface area contributed by atoms with E-state index in [0.717, 1.165) is 27.7 Å². The summed E-state index contributed by atoms with van der Waals surface area (Å²) in [5, 5.41) is 8.51. The van der Waals surface area contributed by atoms with E-state index in [1.54, 1.807) is 0 Å². The van der Waals surface area contributed by atoms with Crippen molar-refractivity contribution in [3.63, 3.8) is 0 Å². The number of rotatable bonds is 4. The Bertz CT molecular complexity index is 824. The summed E-state index contributed by atoms with van der Waals surface area (Å²) < 4.78 is 0. The minimum atomic E-state index is 0.710. The van der Waals surface area contributed by atoms with Crippen molar-refractivity contribution in [1.82, 2.24) is 4.98 Å². The van der Waals surface area contributed by atoms with Crippen LogP contribution in [-0.4, -0.2) is 10.7 Å². The second-order valence-corrected chi connectivity index (χ2v) is 6.59. The first kappa shape index (κ1) is 16.0. The second kappa shape index (κ2) is 7.13. The van der Waals surface area contributed by atoms with Crippen molar-refractivity contribution in [2.24, 2.45) is 5.10 Å². The summed E-state index contributed by atoms with van der Waals surface area (Å²) in [5.41, 5.74) is 6.79. The Morgan fingerprint density at radius 3 is 2.26 bits per heavy atom. The molecule has 0 atom stereocenters. The van der Waals surface area contributed by atoms with E-state index in [-0.39, 0.29) is 0 Å². The van der Waals surface area contributed by atoms with Gasteiger partial charge in [-0.1, -0.05) is 47.5 Å². The van der Waals surface area contributed by atoms with Crippen LogP contribution in [0.4, 0.5) is 5.13 Å². The maximum absolute atomic E-state index is 5.90. The largest absolute Gasteiger partial charge is 0.252 e. The molecule has 0 aliphatic rings. The maximum atomic E-state index is 5.90. The van der Waals surface area contributed by atoms with Gasteiger partial charge in [-0.2, -0.15) is 5.10 Å². The fourth-order valence-corrected chi connectivity index (χ4v) is 2.88. The maximum Gasteiger partial charge on any atom is 0.203 e. The number of aromatic nitrogens is 1. The van der Waals surface area contributed by atoms with Gasteiger partial charge in [-0.05, 0) is 36.8 Å². The van der Waals surface area contributed by atoms with Crippen LogP contribution >= 0.6 is 34.5 Å². The molecule has 0 aliphatic carbocycles. The molecule has 3 aromatic rings. The Labute approximate surface area is 148 Å². The van der Waals surface area contributed by atoms with Crippen LogP contribution in [0.15, 0.2) is 59.0 Å². The summed E-state index contributed by atoms with van der Waals surface area (Å²) in [4.78, 5) is 4.53. The molecule has 0 unspecified atom stereocenters. The highest BCUT2D eigenvalue weighted by Gasteiger charge is 2.04. The van der Waals surface area contributed by atoms with Crippen molar-refractivity contribution in [3.05, 3.63) is 69.5 Å². The summed E-state index contributed by atoms with van der Waals surface area (Å²) in [6.07, 6.45) is 0. The second-order valence-electron chi connectivity index (χ2n) is 4.86. The molecule has 1 aromatic heterocycles. The van der Waals surface area contributed by atoms with E-state index in [4.69, 9.17) is 23.2 Å². The molecular weight excluding hydrogens is 349 g/mol. The first-order valence-electron chi connectivity index (χ1n) is 6.89. The van der Waals surface area contributed by atoms with Crippen LogP contribution in [0.3, 0.4) is 0 Å². The molecule has 0 saturated heterocycles. The Morgan fingerprint density at radius 2 is 1.61 bits per heavy atom. The van der Waals surface area contributed by atoms with E-state index < -0.39 is 0 Å². The number of benzene rings is 2. The molecule has 116 valence electrons. The number of thiazole rings is 1. The highest BCUT2D eigenvalue weighted by Crippen LogP contribution is 2.26. The quantitative estimate of drug-likeness (QED) is 0.460. The zero-order valence-corrected chi connectivity index (χ0v) is 14.6. The molecule has 0 aliphatic heterocycles. The van der Waals surface area contributed by atoms with Crippen molar-refractivity contribution in [2.45, 2.75) is 6.92 Å². The van der Waals surface area contributed by atoms with Gasteiger partial charge in [-0.15, -0.1) is 11.3 Å². The normalized spacial score (nSPS) is 11.5. The molecule has 0 amide bonds. The SMILES string of the molecule is CC(=NNc1nc(-c2ccc(Cl)cc2)cs1)c1ccc(Cl)cc1. The average Bonchev–Trinajstić information content (AvgIpc) is 3.03. The number of anilines is 1. The molecule has 0 fully saturated rings. The number of hydrogen-bond donors (Lipinski definition) is 1. The number of nitrogens with one attached hydrogen (secondary N) is 1. The monoisotopic (exact) mass is 361 g/mol. The van der Waals surface area contributed by atoms with Crippen molar-refractivity contribution in [3.8, 4) is 11.3 Å². The number of halogens is 2. The number of nitrogens with zero attached hydrogens (tertiary/aromatic N) is 2.